The summed E-state index contributed by atoms with van der Waals surface area (Å²) in [6, 6.07) is 1.70. The fraction of sp³-hybridized carbons (Fsp3) is 0.462. The molecule has 0 bridgehead atoms. The summed E-state index contributed by atoms with van der Waals surface area (Å²) in [5.74, 6) is 5.01. The van der Waals surface area contributed by atoms with E-state index in [4.69, 9.17) is 5.11 Å². The number of carbonyl (C=O) groups is 1. The molecule has 1 heterocycles. The maximum absolute atomic E-state index is 11.9. The molecule has 0 fully saturated rings. The van der Waals surface area contributed by atoms with Crippen molar-refractivity contribution < 1.29 is 18.3 Å². The summed E-state index contributed by atoms with van der Waals surface area (Å²) in [5, 5.41) is 11.2. The van der Waals surface area contributed by atoms with Gasteiger partial charge in [-0.25, -0.2) is 8.42 Å². The van der Waals surface area contributed by atoms with E-state index in [1.807, 2.05) is 6.92 Å². The molecule has 110 valence electrons. The third-order valence-electron chi connectivity index (χ3n) is 2.56. The van der Waals surface area contributed by atoms with Crippen LogP contribution in [0.1, 0.15) is 27.0 Å². The second kappa shape index (κ2) is 7.43. The molecule has 0 aromatic carbocycles. The number of hydrogen-bond acceptors (Lipinski definition) is 5. The average molecular weight is 315 g/mol. The first-order valence-electron chi connectivity index (χ1n) is 6.08. The number of thiophene rings is 1. The van der Waals surface area contributed by atoms with Crippen molar-refractivity contribution >= 4 is 27.1 Å². The number of nitrogens with one attached hydrogen (secondary N) is 1. The van der Waals surface area contributed by atoms with Crippen molar-refractivity contribution in [2.24, 2.45) is 0 Å². The summed E-state index contributed by atoms with van der Waals surface area (Å²) in [6.07, 6.45) is 0. The zero-order valence-electron chi connectivity index (χ0n) is 11.4. The lowest BCUT2D eigenvalue weighted by atomic mass is 10.2. The number of hydrogen-bond donors (Lipinski definition) is 2. The molecular weight excluding hydrogens is 298 g/mol. The van der Waals surface area contributed by atoms with E-state index in [9.17, 15) is 13.2 Å². The van der Waals surface area contributed by atoms with Crippen LogP contribution < -0.4 is 5.32 Å². The Morgan fingerprint density at radius 2 is 2.20 bits per heavy atom. The summed E-state index contributed by atoms with van der Waals surface area (Å²) in [6.45, 7) is 3.28. The Hall–Kier alpha value is -1.36. The quantitative estimate of drug-likeness (QED) is 0.778. The number of aliphatic hydroxyl groups excluding tert-OH is 1. The second-order valence-corrected chi connectivity index (χ2v) is 7.60. The van der Waals surface area contributed by atoms with E-state index in [2.05, 4.69) is 17.2 Å². The van der Waals surface area contributed by atoms with Crippen LogP contribution in [0.3, 0.4) is 0 Å². The van der Waals surface area contributed by atoms with Gasteiger partial charge in [0, 0.05) is 12.3 Å². The molecule has 1 aromatic rings. The minimum Gasteiger partial charge on any atom is -0.384 e. The highest BCUT2D eigenvalue weighted by molar-refractivity contribution is 7.91. The topological polar surface area (TPSA) is 83.5 Å². The summed E-state index contributed by atoms with van der Waals surface area (Å²) in [4.78, 5) is 13.1. The average Bonchev–Trinajstić information content (AvgIpc) is 2.77. The molecule has 2 N–H and O–H groups in total. The van der Waals surface area contributed by atoms with Gasteiger partial charge in [0.25, 0.3) is 5.91 Å². The van der Waals surface area contributed by atoms with E-state index in [0.717, 1.165) is 10.4 Å². The summed E-state index contributed by atoms with van der Waals surface area (Å²) in [5.41, 5.74) is 0.863. The van der Waals surface area contributed by atoms with Gasteiger partial charge < -0.3 is 10.4 Å². The maximum atomic E-state index is 11.9. The van der Waals surface area contributed by atoms with Crippen LogP contribution in [-0.4, -0.2) is 44.1 Å². The van der Waals surface area contributed by atoms with Gasteiger partial charge >= 0.3 is 0 Å². The van der Waals surface area contributed by atoms with E-state index in [0.29, 0.717) is 4.88 Å². The number of rotatable bonds is 5. The van der Waals surface area contributed by atoms with Gasteiger partial charge in [0.2, 0.25) is 0 Å². The molecule has 0 aliphatic carbocycles. The maximum Gasteiger partial charge on any atom is 0.261 e. The van der Waals surface area contributed by atoms with Crippen molar-refractivity contribution in [3.63, 3.8) is 0 Å². The molecule has 5 nitrogen and oxygen atoms in total. The fourth-order valence-electron chi connectivity index (χ4n) is 1.39. The lowest BCUT2D eigenvalue weighted by Crippen LogP contribution is -2.29. The molecule has 1 rings (SSSR count). The van der Waals surface area contributed by atoms with Crippen LogP contribution in [-0.2, 0) is 9.84 Å². The lowest BCUT2D eigenvalue weighted by Gasteiger charge is -2.03. The summed E-state index contributed by atoms with van der Waals surface area (Å²) in [7, 11) is -3.07. The molecule has 1 aromatic heterocycles. The standard InChI is InChI=1S/C13H17NO4S2/c1-3-20(17,18)8-6-14-13(16)12-9-10(2)11(19-12)5-4-7-15/h9,15H,3,6-8H2,1-2H3,(H,14,16). The van der Waals surface area contributed by atoms with Gasteiger partial charge in [-0.05, 0) is 18.6 Å². The van der Waals surface area contributed by atoms with Gasteiger partial charge in [0.15, 0.2) is 9.84 Å². The number of sulfone groups is 1. The Morgan fingerprint density at radius 1 is 1.50 bits per heavy atom. The van der Waals surface area contributed by atoms with Crippen LogP contribution >= 0.6 is 11.3 Å². The van der Waals surface area contributed by atoms with Crippen LogP contribution in [0.2, 0.25) is 0 Å². The normalized spacial score (nSPS) is 10.8. The van der Waals surface area contributed by atoms with Crippen molar-refractivity contribution in [1.82, 2.24) is 5.32 Å². The van der Waals surface area contributed by atoms with Crippen LogP contribution in [0.15, 0.2) is 6.07 Å². The van der Waals surface area contributed by atoms with E-state index in [-0.39, 0.29) is 30.6 Å². The first kappa shape index (κ1) is 16.7. The zero-order valence-corrected chi connectivity index (χ0v) is 13.0. The lowest BCUT2D eigenvalue weighted by molar-refractivity contribution is 0.0960. The number of aryl methyl sites for hydroxylation is 1. The van der Waals surface area contributed by atoms with Crippen LogP contribution in [0.5, 0.6) is 0 Å². The highest BCUT2D eigenvalue weighted by Gasteiger charge is 2.13. The van der Waals surface area contributed by atoms with Gasteiger partial charge in [0.05, 0.1) is 15.5 Å². The molecule has 0 atom stereocenters. The van der Waals surface area contributed by atoms with Crippen molar-refractivity contribution in [1.29, 1.82) is 0 Å². The van der Waals surface area contributed by atoms with Crippen LogP contribution in [0, 0.1) is 18.8 Å². The fourth-order valence-corrected chi connectivity index (χ4v) is 3.05. The van der Waals surface area contributed by atoms with E-state index < -0.39 is 9.84 Å². The first-order valence-corrected chi connectivity index (χ1v) is 8.72. The van der Waals surface area contributed by atoms with Gasteiger partial charge in [-0.15, -0.1) is 11.3 Å². The molecule has 20 heavy (non-hydrogen) atoms. The van der Waals surface area contributed by atoms with E-state index in [1.54, 1.807) is 13.0 Å². The molecule has 7 heteroatoms. The van der Waals surface area contributed by atoms with Crippen molar-refractivity contribution in [2.45, 2.75) is 13.8 Å². The van der Waals surface area contributed by atoms with Crippen LogP contribution in [0.4, 0.5) is 0 Å². The predicted octanol–water partition coefficient (Wildman–Crippen LogP) is 0.565. The number of carbonyl (C=O) groups excluding carboxylic acids is 1. The SMILES string of the molecule is CCS(=O)(=O)CCNC(=O)c1cc(C)c(C#CCO)s1. The highest BCUT2D eigenvalue weighted by atomic mass is 32.2. The van der Waals surface area contributed by atoms with Crippen molar-refractivity contribution in [2.75, 3.05) is 24.7 Å². The third-order valence-corrected chi connectivity index (χ3v) is 5.42. The monoisotopic (exact) mass is 315 g/mol. The third kappa shape index (κ3) is 4.96. The molecular formula is C13H17NO4S2. The van der Waals surface area contributed by atoms with Gasteiger partial charge in [-0.3, -0.25) is 4.79 Å². The minimum atomic E-state index is -3.07. The van der Waals surface area contributed by atoms with Gasteiger partial charge in [0.1, 0.15) is 6.61 Å². The molecule has 0 spiro atoms. The number of amides is 1. The molecule has 1 amide bonds. The Labute approximate surface area is 122 Å². The van der Waals surface area contributed by atoms with Crippen LogP contribution in [0.25, 0.3) is 0 Å². The predicted molar refractivity (Wildman–Crippen MR) is 79.7 cm³/mol. The molecule has 0 radical (unpaired) electrons. The summed E-state index contributed by atoms with van der Waals surface area (Å²) >= 11 is 1.23. The second-order valence-electron chi connectivity index (χ2n) is 4.07. The zero-order chi connectivity index (χ0) is 15.2. The Kier molecular flexibility index (Phi) is 6.20. The highest BCUT2D eigenvalue weighted by Crippen LogP contribution is 2.20. The smallest absolute Gasteiger partial charge is 0.261 e. The molecule has 0 saturated carbocycles. The molecule has 0 saturated heterocycles. The molecule has 0 unspecified atom stereocenters. The largest absolute Gasteiger partial charge is 0.384 e. The first-order chi connectivity index (χ1) is 9.39. The Bertz CT molecular complexity index is 635. The minimum absolute atomic E-state index is 0.0588. The van der Waals surface area contributed by atoms with Crippen molar-refractivity contribution in [3.8, 4) is 11.8 Å². The molecule has 0 aliphatic heterocycles. The molecule has 0 aliphatic rings. The summed E-state index contributed by atoms with van der Waals surface area (Å²) < 4.78 is 22.6. The van der Waals surface area contributed by atoms with Crippen molar-refractivity contribution in [3.05, 3.63) is 21.4 Å². The Balaban J connectivity index is 2.65. The van der Waals surface area contributed by atoms with Gasteiger partial charge in [-0.2, -0.15) is 0 Å². The Morgan fingerprint density at radius 3 is 2.80 bits per heavy atom. The van der Waals surface area contributed by atoms with E-state index in [1.165, 1.54) is 11.3 Å². The number of aliphatic hydroxyl groups is 1. The van der Waals surface area contributed by atoms with Gasteiger partial charge in [-0.1, -0.05) is 18.8 Å². The van der Waals surface area contributed by atoms with E-state index >= 15 is 0 Å².